The van der Waals surface area contributed by atoms with Crippen molar-refractivity contribution in [3.63, 3.8) is 0 Å². The van der Waals surface area contributed by atoms with Crippen LogP contribution in [0.1, 0.15) is 25.2 Å². The molecule has 0 bridgehead atoms. The number of piperazine rings is 1. The van der Waals surface area contributed by atoms with Crippen LogP contribution in [-0.4, -0.2) is 104 Å². The number of para-hydroxylation sites is 1. The van der Waals surface area contributed by atoms with Crippen molar-refractivity contribution in [1.82, 2.24) is 24.8 Å². The number of ether oxygens (including phenoxy) is 3. The first-order chi connectivity index (χ1) is 25.1. The lowest BCUT2D eigenvalue weighted by molar-refractivity contribution is 0.152. The van der Waals surface area contributed by atoms with Crippen molar-refractivity contribution in [3.05, 3.63) is 88.7 Å². The lowest BCUT2D eigenvalue weighted by Gasteiger charge is -2.40. The van der Waals surface area contributed by atoms with Crippen LogP contribution in [0.15, 0.2) is 71.5 Å². The molecule has 274 valence electrons. The number of methoxy groups -OCH3 is 3. The molecule has 15 nitrogen and oxygen atoms in total. The van der Waals surface area contributed by atoms with Gasteiger partial charge in [0.05, 0.1) is 63.1 Å². The molecule has 0 spiro atoms. The van der Waals surface area contributed by atoms with Gasteiger partial charge in [0.25, 0.3) is 5.56 Å². The predicted octanol–water partition coefficient (Wildman–Crippen LogP) is 4.16. The van der Waals surface area contributed by atoms with Gasteiger partial charge in [-0.25, -0.2) is 28.4 Å². The van der Waals surface area contributed by atoms with E-state index in [1.54, 1.807) is 59.2 Å². The summed E-state index contributed by atoms with van der Waals surface area (Å²) in [7, 11) is 4.29. The summed E-state index contributed by atoms with van der Waals surface area (Å²) in [5, 5.41) is 7.82. The van der Waals surface area contributed by atoms with Gasteiger partial charge in [-0.05, 0) is 61.9 Å². The summed E-state index contributed by atoms with van der Waals surface area (Å²) >= 11 is 0. The number of anilines is 2. The quantitative estimate of drug-likeness (QED) is 0.274. The number of carbonyl (C=O) groups excluding carboxylic acids is 3. The lowest BCUT2D eigenvalue weighted by Crippen LogP contribution is -2.58. The normalized spacial score (nSPS) is 16.3. The summed E-state index contributed by atoms with van der Waals surface area (Å²) in [6.45, 7) is 3.86. The first kappa shape index (κ1) is 35.8. The molecule has 0 radical (unpaired) electrons. The van der Waals surface area contributed by atoms with Crippen LogP contribution >= 0.6 is 0 Å². The fraction of sp³-hybridized carbons (Fsp3) is 0.361. The van der Waals surface area contributed by atoms with Gasteiger partial charge in [-0.15, -0.1) is 0 Å². The van der Waals surface area contributed by atoms with Crippen LogP contribution in [0.25, 0.3) is 10.9 Å². The van der Waals surface area contributed by atoms with Crippen LogP contribution in [0.5, 0.6) is 11.5 Å². The van der Waals surface area contributed by atoms with Gasteiger partial charge in [-0.1, -0.05) is 12.1 Å². The van der Waals surface area contributed by atoms with E-state index < -0.39 is 24.0 Å². The van der Waals surface area contributed by atoms with Crippen molar-refractivity contribution in [2.45, 2.75) is 25.4 Å². The number of likely N-dealkylation sites (tertiary alicyclic amines) is 1. The third kappa shape index (κ3) is 7.36. The number of amides is 5. The van der Waals surface area contributed by atoms with Crippen LogP contribution in [0.4, 0.5) is 30.1 Å². The number of benzene rings is 3. The molecule has 3 aromatic carbocycles. The van der Waals surface area contributed by atoms with Gasteiger partial charge >= 0.3 is 18.2 Å². The second kappa shape index (κ2) is 15.4. The number of nitrogens with one attached hydrogen (secondary N) is 2. The van der Waals surface area contributed by atoms with Crippen molar-refractivity contribution >= 4 is 40.4 Å². The molecule has 1 aromatic heterocycles. The minimum absolute atomic E-state index is 0.151. The average Bonchev–Trinajstić information content (AvgIpc) is 3.63. The average molecular weight is 717 g/mol. The fourth-order valence-corrected chi connectivity index (χ4v) is 6.56. The Bertz CT molecular complexity index is 2000. The van der Waals surface area contributed by atoms with Gasteiger partial charge in [0.2, 0.25) is 0 Å². The number of halogens is 1. The topological polar surface area (TPSA) is 151 Å². The molecular formula is C36H41FN8O7. The van der Waals surface area contributed by atoms with Crippen LogP contribution in [0.2, 0.25) is 0 Å². The van der Waals surface area contributed by atoms with E-state index in [0.29, 0.717) is 79.5 Å². The first-order valence-corrected chi connectivity index (χ1v) is 16.8. The predicted molar refractivity (Wildman–Crippen MR) is 192 cm³/mol. The molecule has 6 rings (SSSR count). The number of fused-ring (bicyclic) bond motifs is 1. The Labute approximate surface area is 299 Å². The maximum atomic E-state index is 14.3. The molecule has 2 saturated heterocycles. The second-order valence-corrected chi connectivity index (χ2v) is 12.4. The van der Waals surface area contributed by atoms with E-state index >= 15 is 0 Å². The van der Waals surface area contributed by atoms with Crippen molar-refractivity contribution < 1.29 is 33.0 Å². The number of urea groups is 2. The molecule has 3 heterocycles. The van der Waals surface area contributed by atoms with Crippen molar-refractivity contribution in [3.8, 4) is 11.5 Å². The van der Waals surface area contributed by atoms with E-state index in [0.717, 1.165) is 0 Å². The highest BCUT2D eigenvalue weighted by Gasteiger charge is 2.35. The number of aromatic nitrogens is 2. The maximum Gasteiger partial charge on any atom is 0.407 e. The summed E-state index contributed by atoms with van der Waals surface area (Å²) in [6, 6.07) is 15.6. The highest BCUT2D eigenvalue weighted by Crippen LogP contribution is 2.37. The van der Waals surface area contributed by atoms with E-state index in [2.05, 4.69) is 10.6 Å². The van der Waals surface area contributed by atoms with Gasteiger partial charge < -0.3 is 39.7 Å². The molecule has 16 heteroatoms. The number of nitrogens with zero attached hydrogens (tertiary/aromatic N) is 6. The van der Waals surface area contributed by atoms with E-state index in [1.807, 2.05) is 5.01 Å². The van der Waals surface area contributed by atoms with Gasteiger partial charge in [-0.3, -0.25) is 9.69 Å². The third-order valence-corrected chi connectivity index (χ3v) is 9.28. The van der Waals surface area contributed by atoms with Gasteiger partial charge in [0, 0.05) is 37.9 Å². The maximum absolute atomic E-state index is 14.3. The number of rotatable bonds is 8. The molecule has 0 saturated carbocycles. The standard InChI is InChI=1S/C36H41FN8O7/c1-23(44(30-14-13-27(50-2)21-31(30)51-3)34(47)38-25-11-9-24(37)10-12-25)32-40-29-8-6-5-7-28(29)33(46)45(32)43-19-17-41(18-20-43)36(49)42-16-15-26(22-42)39-35(48)52-4/h5-14,21,23,26H,15-20,22H2,1-4H3,(H,38,47)(H,39,48)/t23?,26-/m0/s1. The van der Waals surface area contributed by atoms with Crippen molar-refractivity contribution in [2.24, 2.45) is 0 Å². The molecular weight excluding hydrogens is 675 g/mol. The summed E-state index contributed by atoms with van der Waals surface area (Å²) in [5.41, 5.74) is 0.838. The Morgan fingerprint density at radius 2 is 1.65 bits per heavy atom. The van der Waals surface area contributed by atoms with E-state index in [1.165, 1.54) is 55.2 Å². The Hall–Kier alpha value is -6.06. The molecule has 4 aromatic rings. The Kier molecular flexibility index (Phi) is 10.6. The molecule has 2 fully saturated rings. The second-order valence-electron chi connectivity index (χ2n) is 12.4. The fourth-order valence-electron chi connectivity index (χ4n) is 6.56. The van der Waals surface area contributed by atoms with Crippen LogP contribution in [-0.2, 0) is 4.74 Å². The number of hydrogen-bond acceptors (Lipinski definition) is 9. The zero-order valence-electron chi connectivity index (χ0n) is 29.4. The summed E-state index contributed by atoms with van der Waals surface area (Å²) in [5.74, 6) is 0.649. The minimum Gasteiger partial charge on any atom is -0.497 e. The molecule has 5 amide bonds. The number of carbonyl (C=O) groups is 3. The highest BCUT2D eigenvalue weighted by molar-refractivity contribution is 6.03. The zero-order valence-corrected chi connectivity index (χ0v) is 29.4. The van der Waals surface area contributed by atoms with Gasteiger partial charge in [0.1, 0.15) is 17.3 Å². The molecule has 2 atom stereocenters. The minimum atomic E-state index is -0.872. The first-order valence-electron chi connectivity index (χ1n) is 16.8. The monoisotopic (exact) mass is 716 g/mol. The lowest BCUT2D eigenvalue weighted by atomic mass is 10.1. The summed E-state index contributed by atoms with van der Waals surface area (Å²) in [4.78, 5) is 63.5. The van der Waals surface area contributed by atoms with E-state index in [-0.39, 0.29) is 23.5 Å². The smallest absolute Gasteiger partial charge is 0.407 e. The molecule has 52 heavy (non-hydrogen) atoms. The third-order valence-electron chi connectivity index (χ3n) is 9.28. The number of hydrogen-bond donors (Lipinski definition) is 2. The summed E-state index contributed by atoms with van der Waals surface area (Å²) < 4.78 is 31.0. The van der Waals surface area contributed by atoms with Crippen molar-refractivity contribution in [1.29, 1.82) is 0 Å². The molecule has 1 unspecified atom stereocenters. The largest absolute Gasteiger partial charge is 0.497 e. The van der Waals surface area contributed by atoms with Crippen LogP contribution < -0.4 is 35.6 Å². The number of alkyl carbamates (subject to hydrolysis) is 1. The van der Waals surface area contributed by atoms with Crippen molar-refractivity contribution in [2.75, 3.05) is 75.8 Å². The summed E-state index contributed by atoms with van der Waals surface area (Å²) in [6.07, 6.45) is 0.0778. The van der Waals surface area contributed by atoms with Gasteiger partial charge in [-0.2, -0.15) is 0 Å². The Morgan fingerprint density at radius 3 is 2.35 bits per heavy atom. The molecule has 0 aliphatic carbocycles. The van der Waals surface area contributed by atoms with E-state index in [4.69, 9.17) is 19.2 Å². The van der Waals surface area contributed by atoms with E-state index in [9.17, 15) is 23.6 Å². The van der Waals surface area contributed by atoms with Crippen LogP contribution in [0.3, 0.4) is 0 Å². The van der Waals surface area contributed by atoms with Gasteiger partial charge in [0.15, 0.2) is 5.82 Å². The Morgan fingerprint density at radius 1 is 0.923 bits per heavy atom. The molecule has 2 N–H and O–H groups in total. The van der Waals surface area contributed by atoms with Crippen LogP contribution in [0, 0.1) is 5.82 Å². The molecule has 2 aliphatic rings. The SMILES string of the molecule is COC(=O)N[C@H]1CCN(C(=O)N2CCN(n3c(C(C)N(C(=O)Nc4ccc(F)cc4)c4ccc(OC)cc4OC)nc4ccccc4c3=O)CC2)C1. The molecule has 2 aliphatic heterocycles. The zero-order chi connectivity index (χ0) is 36.9. The Balaban J connectivity index is 1.34. The highest BCUT2D eigenvalue weighted by atomic mass is 19.1.